The van der Waals surface area contributed by atoms with Crippen LogP contribution in [0.1, 0.15) is 73.9 Å². The molecule has 4 rings (SSSR count). The van der Waals surface area contributed by atoms with Crippen molar-refractivity contribution in [2.45, 2.75) is 64.1 Å². The third-order valence-corrected chi connectivity index (χ3v) is 7.43. The lowest BCUT2D eigenvalue weighted by molar-refractivity contribution is -0.274. The van der Waals surface area contributed by atoms with Crippen molar-refractivity contribution < 1.29 is 29.2 Å². The van der Waals surface area contributed by atoms with Crippen molar-refractivity contribution in [2.24, 2.45) is 11.3 Å². The van der Waals surface area contributed by atoms with Gasteiger partial charge in [0.25, 0.3) is 0 Å². The minimum absolute atomic E-state index is 0.0210. The van der Waals surface area contributed by atoms with Crippen molar-refractivity contribution in [3.63, 3.8) is 0 Å². The molecule has 1 saturated heterocycles. The van der Waals surface area contributed by atoms with Gasteiger partial charge in [-0.15, -0.1) is 0 Å². The predicted octanol–water partition coefficient (Wildman–Crippen LogP) is 3.86. The second-order valence-corrected chi connectivity index (χ2v) is 9.12. The Morgan fingerprint density at radius 2 is 1.89 bits per heavy atom. The molecule has 1 saturated carbocycles. The van der Waals surface area contributed by atoms with Crippen LogP contribution in [0.5, 0.6) is 17.2 Å². The van der Waals surface area contributed by atoms with Crippen LogP contribution in [-0.4, -0.2) is 43.1 Å². The number of hydrogen-bond acceptors (Lipinski definition) is 6. The largest absolute Gasteiger partial charge is 0.507 e. The van der Waals surface area contributed by atoms with E-state index in [1.165, 1.54) is 7.11 Å². The van der Waals surface area contributed by atoms with E-state index in [2.05, 4.69) is 6.92 Å². The monoisotopic (exact) mass is 390 g/mol. The van der Waals surface area contributed by atoms with E-state index >= 15 is 0 Å². The van der Waals surface area contributed by atoms with Crippen LogP contribution in [0.2, 0.25) is 0 Å². The van der Waals surface area contributed by atoms with E-state index in [0.717, 1.165) is 19.3 Å². The minimum atomic E-state index is -0.532. The first-order valence-corrected chi connectivity index (χ1v) is 10.1. The maximum Gasteiger partial charge on any atom is 0.167 e. The molecule has 28 heavy (non-hydrogen) atoms. The maximum absolute atomic E-state index is 13.3. The van der Waals surface area contributed by atoms with Crippen LogP contribution < -0.4 is 4.74 Å². The zero-order chi connectivity index (χ0) is 20.4. The standard InChI is InChI=1S/C22H30O6/c1-11(2)14-17(24)15-12(23)9-13-21(3)7-6-8-22(13,10-28-20(21)27-5)16(15)18(25)19(14)26-4/h11,13,20,24-25H,6-10H2,1-5H3. The Balaban J connectivity index is 2.03. The highest BCUT2D eigenvalue weighted by molar-refractivity contribution is 6.04. The van der Waals surface area contributed by atoms with Gasteiger partial charge in [0.15, 0.2) is 23.6 Å². The van der Waals surface area contributed by atoms with Crippen molar-refractivity contribution in [3.8, 4) is 17.2 Å². The Morgan fingerprint density at radius 1 is 1.18 bits per heavy atom. The maximum atomic E-state index is 13.3. The number of ketones is 1. The van der Waals surface area contributed by atoms with Gasteiger partial charge >= 0.3 is 0 Å². The second kappa shape index (κ2) is 6.36. The number of methoxy groups -OCH3 is 2. The van der Waals surface area contributed by atoms with Gasteiger partial charge in [0.2, 0.25) is 0 Å². The van der Waals surface area contributed by atoms with Crippen LogP contribution >= 0.6 is 0 Å². The molecule has 3 aliphatic rings. The van der Waals surface area contributed by atoms with Gasteiger partial charge in [0.05, 0.1) is 19.3 Å². The molecule has 0 aromatic heterocycles. The molecule has 2 aliphatic carbocycles. The van der Waals surface area contributed by atoms with Gasteiger partial charge in [-0.05, 0) is 24.7 Å². The molecule has 1 aliphatic heterocycles. The minimum Gasteiger partial charge on any atom is -0.507 e. The van der Waals surface area contributed by atoms with E-state index < -0.39 is 5.41 Å². The second-order valence-electron chi connectivity index (χ2n) is 9.12. The van der Waals surface area contributed by atoms with Crippen LogP contribution in [0, 0.1) is 11.3 Å². The highest BCUT2D eigenvalue weighted by Crippen LogP contribution is 2.65. The Kier molecular flexibility index (Phi) is 4.43. The molecule has 0 radical (unpaired) electrons. The summed E-state index contributed by atoms with van der Waals surface area (Å²) in [5.41, 5.74) is 0.377. The van der Waals surface area contributed by atoms with E-state index in [9.17, 15) is 15.0 Å². The summed E-state index contributed by atoms with van der Waals surface area (Å²) in [6.45, 7) is 6.28. The Hall–Kier alpha value is -1.79. The number of fused-ring (bicyclic) bond motifs is 1. The van der Waals surface area contributed by atoms with Crippen LogP contribution in [0.3, 0.4) is 0 Å². The summed E-state index contributed by atoms with van der Waals surface area (Å²) in [7, 11) is 3.12. The van der Waals surface area contributed by atoms with Gasteiger partial charge in [-0.3, -0.25) is 4.79 Å². The number of benzene rings is 1. The number of carbonyl (C=O) groups is 1. The van der Waals surface area contributed by atoms with Crippen molar-refractivity contribution in [1.29, 1.82) is 0 Å². The fourth-order valence-corrected chi connectivity index (χ4v) is 6.28. The number of aromatic hydroxyl groups is 2. The molecular weight excluding hydrogens is 360 g/mol. The first-order chi connectivity index (χ1) is 13.2. The average Bonchev–Trinajstić information content (AvgIpc) is 2.63. The highest BCUT2D eigenvalue weighted by Gasteiger charge is 2.64. The summed E-state index contributed by atoms with van der Waals surface area (Å²) in [6, 6.07) is 0. The van der Waals surface area contributed by atoms with E-state index in [1.54, 1.807) is 7.11 Å². The summed E-state index contributed by atoms with van der Waals surface area (Å²) in [4.78, 5) is 13.3. The molecule has 1 heterocycles. The Morgan fingerprint density at radius 3 is 2.50 bits per heavy atom. The van der Waals surface area contributed by atoms with Gasteiger partial charge in [0, 0.05) is 35.5 Å². The van der Waals surface area contributed by atoms with E-state index in [0.29, 0.717) is 24.2 Å². The molecule has 6 heteroatoms. The molecule has 2 fully saturated rings. The summed E-state index contributed by atoms with van der Waals surface area (Å²) in [6.07, 6.45) is 2.57. The first kappa shape index (κ1) is 19.5. The summed E-state index contributed by atoms with van der Waals surface area (Å²) < 4.78 is 17.3. The fourth-order valence-electron chi connectivity index (χ4n) is 6.28. The predicted molar refractivity (Wildman–Crippen MR) is 103 cm³/mol. The van der Waals surface area contributed by atoms with Gasteiger partial charge in [-0.25, -0.2) is 0 Å². The number of carbonyl (C=O) groups excluding carboxylic acids is 1. The molecule has 154 valence electrons. The van der Waals surface area contributed by atoms with Gasteiger partial charge in [-0.1, -0.05) is 27.2 Å². The fraction of sp³-hybridized carbons (Fsp3) is 0.682. The van der Waals surface area contributed by atoms with Gasteiger partial charge in [0.1, 0.15) is 5.75 Å². The zero-order valence-corrected chi connectivity index (χ0v) is 17.3. The normalized spacial score (nSPS) is 34.1. The number of hydrogen-bond donors (Lipinski definition) is 2. The van der Waals surface area contributed by atoms with Crippen molar-refractivity contribution in [2.75, 3.05) is 20.8 Å². The SMILES string of the molecule is COc1c(O)c2c(c(O)c1C(C)C)C(=O)CC1C23CCCC1(C)C(OC)OC3. The van der Waals surface area contributed by atoms with E-state index in [4.69, 9.17) is 14.2 Å². The molecule has 0 amide bonds. The van der Waals surface area contributed by atoms with Crippen LogP contribution in [-0.2, 0) is 14.9 Å². The lowest BCUT2D eigenvalue weighted by Gasteiger charge is -2.61. The zero-order valence-electron chi connectivity index (χ0n) is 17.3. The number of Topliss-reactive ketones (excluding diaryl/α,β-unsaturated/α-hetero) is 1. The van der Waals surface area contributed by atoms with Crippen LogP contribution in [0.4, 0.5) is 0 Å². The number of phenols is 2. The van der Waals surface area contributed by atoms with Crippen LogP contribution in [0.25, 0.3) is 0 Å². The molecule has 2 bridgehead atoms. The van der Waals surface area contributed by atoms with E-state index in [-0.39, 0.29) is 52.1 Å². The number of ether oxygens (including phenoxy) is 3. The summed E-state index contributed by atoms with van der Waals surface area (Å²) in [5.74, 6) is -0.0777. The number of phenolic OH excluding ortho intramolecular Hbond substituents is 2. The Labute approximate surface area is 165 Å². The van der Waals surface area contributed by atoms with Crippen molar-refractivity contribution in [3.05, 3.63) is 16.7 Å². The number of rotatable bonds is 3. The van der Waals surface area contributed by atoms with Crippen molar-refractivity contribution >= 4 is 5.78 Å². The van der Waals surface area contributed by atoms with Crippen LogP contribution in [0.15, 0.2) is 0 Å². The topological polar surface area (TPSA) is 85.2 Å². The van der Waals surface area contributed by atoms with Gasteiger partial charge < -0.3 is 24.4 Å². The average molecular weight is 390 g/mol. The molecule has 0 spiro atoms. The third kappa shape index (κ3) is 2.25. The lowest BCUT2D eigenvalue weighted by atomic mass is 9.47. The molecule has 1 aromatic carbocycles. The third-order valence-electron chi connectivity index (χ3n) is 7.43. The first-order valence-electron chi connectivity index (χ1n) is 10.1. The molecule has 2 N–H and O–H groups in total. The molecule has 1 aromatic rings. The van der Waals surface area contributed by atoms with Crippen molar-refractivity contribution in [1.82, 2.24) is 0 Å². The Bertz CT molecular complexity index is 831. The molecule has 4 unspecified atom stereocenters. The summed E-state index contributed by atoms with van der Waals surface area (Å²) >= 11 is 0. The smallest absolute Gasteiger partial charge is 0.167 e. The van der Waals surface area contributed by atoms with E-state index in [1.807, 2.05) is 13.8 Å². The quantitative estimate of drug-likeness (QED) is 0.762. The molecular formula is C22H30O6. The molecule has 6 nitrogen and oxygen atoms in total. The highest BCUT2D eigenvalue weighted by atomic mass is 16.7. The lowest BCUT2D eigenvalue weighted by Crippen LogP contribution is -2.63. The van der Waals surface area contributed by atoms with Gasteiger partial charge in [-0.2, -0.15) is 0 Å². The molecule has 4 atom stereocenters. The summed E-state index contributed by atoms with van der Waals surface area (Å²) in [5, 5.41) is 22.4.